The maximum atomic E-state index is 12.8. The summed E-state index contributed by atoms with van der Waals surface area (Å²) < 4.78 is 10.9. The van der Waals surface area contributed by atoms with Gasteiger partial charge in [0.05, 0.1) is 7.11 Å². The highest BCUT2D eigenvalue weighted by Crippen LogP contribution is 2.33. The number of anilines is 2. The van der Waals surface area contributed by atoms with E-state index >= 15 is 0 Å². The van der Waals surface area contributed by atoms with Crippen molar-refractivity contribution in [2.45, 2.75) is 38.0 Å². The molecule has 1 saturated carbocycles. The summed E-state index contributed by atoms with van der Waals surface area (Å²) in [6.45, 7) is 2.78. The maximum absolute atomic E-state index is 12.8. The number of amides is 2. The first kappa shape index (κ1) is 26.6. The smallest absolute Gasteiger partial charge is 0.262 e. The number of rotatable bonds is 8. The van der Waals surface area contributed by atoms with Gasteiger partial charge in [-0.25, -0.2) is 0 Å². The monoisotopic (exact) mass is 527 g/mol. The third-order valence-electron chi connectivity index (χ3n) is 7.75. The minimum Gasteiger partial charge on any atom is -0.497 e. The summed E-state index contributed by atoms with van der Waals surface area (Å²) in [5, 5.41) is 2.91. The Morgan fingerprint density at radius 1 is 0.795 bits per heavy atom. The van der Waals surface area contributed by atoms with Crippen LogP contribution in [0.2, 0.25) is 0 Å². The van der Waals surface area contributed by atoms with Crippen molar-refractivity contribution in [1.82, 2.24) is 4.90 Å². The molecule has 3 aromatic carbocycles. The van der Waals surface area contributed by atoms with E-state index in [-0.39, 0.29) is 18.4 Å². The first-order chi connectivity index (χ1) is 19.1. The van der Waals surface area contributed by atoms with Gasteiger partial charge in [-0.1, -0.05) is 31.4 Å². The molecule has 0 aromatic heterocycles. The van der Waals surface area contributed by atoms with Gasteiger partial charge in [0.2, 0.25) is 0 Å². The van der Waals surface area contributed by atoms with E-state index in [1.807, 2.05) is 53.4 Å². The van der Waals surface area contributed by atoms with E-state index < -0.39 is 0 Å². The van der Waals surface area contributed by atoms with Gasteiger partial charge in [-0.2, -0.15) is 0 Å². The average molecular weight is 528 g/mol. The van der Waals surface area contributed by atoms with Crippen molar-refractivity contribution in [3.8, 4) is 11.5 Å². The zero-order chi connectivity index (χ0) is 27.0. The molecule has 5 rings (SSSR count). The maximum Gasteiger partial charge on any atom is 0.262 e. The molecule has 0 spiro atoms. The molecule has 7 heteroatoms. The summed E-state index contributed by atoms with van der Waals surface area (Å²) in [5.41, 5.74) is 3.84. The van der Waals surface area contributed by atoms with Gasteiger partial charge in [0.15, 0.2) is 6.61 Å². The van der Waals surface area contributed by atoms with E-state index in [1.54, 1.807) is 19.2 Å². The van der Waals surface area contributed by atoms with E-state index in [9.17, 15) is 9.59 Å². The van der Waals surface area contributed by atoms with Crippen molar-refractivity contribution >= 4 is 23.2 Å². The molecule has 204 valence electrons. The highest BCUT2D eigenvalue weighted by Gasteiger charge is 2.22. The van der Waals surface area contributed by atoms with Gasteiger partial charge in [0, 0.05) is 43.1 Å². The number of methoxy groups -OCH3 is 1. The molecule has 7 nitrogen and oxygen atoms in total. The number of ether oxygens (including phenoxy) is 2. The lowest BCUT2D eigenvalue weighted by Crippen LogP contribution is -2.48. The second kappa shape index (κ2) is 12.7. The van der Waals surface area contributed by atoms with E-state index in [2.05, 4.69) is 22.3 Å². The van der Waals surface area contributed by atoms with Crippen LogP contribution in [0.3, 0.4) is 0 Å². The third kappa shape index (κ3) is 6.91. The minimum atomic E-state index is -0.190. The van der Waals surface area contributed by atoms with Crippen molar-refractivity contribution in [2.75, 3.05) is 50.1 Å². The summed E-state index contributed by atoms with van der Waals surface area (Å²) in [5.74, 6) is 1.96. The van der Waals surface area contributed by atoms with Crippen LogP contribution in [0, 0.1) is 0 Å². The predicted molar refractivity (Wildman–Crippen MR) is 154 cm³/mol. The Bertz CT molecular complexity index is 1230. The predicted octanol–water partition coefficient (Wildman–Crippen LogP) is 5.72. The average Bonchev–Trinajstić information content (AvgIpc) is 3.01. The molecule has 2 amide bonds. The number of hydrogen-bond acceptors (Lipinski definition) is 5. The van der Waals surface area contributed by atoms with Gasteiger partial charge < -0.3 is 24.6 Å². The van der Waals surface area contributed by atoms with E-state index in [1.165, 1.54) is 37.7 Å². The fourth-order valence-corrected chi connectivity index (χ4v) is 5.46. The summed E-state index contributed by atoms with van der Waals surface area (Å²) in [6, 6.07) is 23.2. The molecule has 39 heavy (non-hydrogen) atoms. The van der Waals surface area contributed by atoms with E-state index in [0.29, 0.717) is 30.3 Å². The Morgan fingerprint density at radius 2 is 1.44 bits per heavy atom. The van der Waals surface area contributed by atoms with Crippen LogP contribution in [0.4, 0.5) is 11.4 Å². The van der Waals surface area contributed by atoms with Gasteiger partial charge in [-0.3, -0.25) is 9.59 Å². The molecule has 1 N–H and O–H groups in total. The second-order valence-corrected chi connectivity index (χ2v) is 10.3. The number of nitrogens with one attached hydrogen (secondary N) is 1. The number of piperazine rings is 1. The lowest BCUT2D eigenvalue weighted by atomic mass is 9.84. The molecule has 0 atom stereocenters. The molecule has 3 aromatic rings. The topological polar surface area (TPSA) is 71.1 Å². The number of nitrogens with zero attached hydrogens (tertiary/aromatic N) is 2. The molecule has 1 aliphatic heterocycles. The summed E-state index contributed by atoms with van der Waals surface area (Å²) in [4.78, 5) is 29.4. The van der Waals surface area contributed by atoms with Crippen LogP contribution in [0.25, 0.3) is 0 Å². The first-order valence-corrected chi connectivity index (χ1v) is 13.9. The molecule has 1 saturated heterocycles. The fraction of sp³-hybridized carbons (Fsp3) is 0.375. The molecule has 2 aliphatic rings. The van der Waals surface area contributed by atoms with Crippen LogP contribution in [-0.2, 0) is 4.79 Å². The molecular formula is C32H37N3O4. The van der Waals surface area contributed by atoms with Crippen LogP contribution in [0.15, 0.2) is 72.8 Å². The Labute approximate surface area is 230 Å². The molecule has 2 fully saturated rings. The Hall–Kier alpha value is -4.00. The van der Waals surface area contributed by atoms with Crippen molar-refractivity contribution in [3.63, 3.8) is 0 Å². The summed E-state index contributed by atoms with van der Waals surface area (Å²) in [7, 11) is 1.61. The number of carbonyl (C=O) groups is 2. The molecule has 0 unspecified atom stereocenters. The standard InChI is InChI=1S/C32H37N3O4/c1-38-29-15-9-26(10-16-29)32(37)35-21-19-34(20-22-35)28-13-11-27(12-14-28)33-31(36)23-39-30-17-7-25(8-18-30)24-5-3-2-4-6-24/h7-18,24H,2-6,19-23H2,1H3,(H,33,36). The lowest BCUT2D eigenvalue weighted by Gasteiger charge is -2.36. The highest BCUT2D eigenvalue weighted by atomic mass is 16.5. The highest BCUT2D eigenvalue weighted by molar-refractivity contribution is 5.94. The van der Waals surface area contributed by atoms with Crippen molar-refractivity contribution in [1.29, 1.82) is 0 Å². The molecule has 0 bridgehead atoms. The zero-order valence-corrected chi connectivity index (χ0v) is 22.6. The first-order valence-electron chi connectivity index (χ1n) is 13.9. The third-order valence-corrected chi connectivity index (χ3v) is 7.75. The number of hydrogen-bond donors (Lipinski definition) is 1. The molecule has 1 aliphatic carbocycles. The van der Waals surface area contributed by atoms with E-state index in [0.717, 1.165) is 30.2 Å². The van der Waals surface area contributed by atoms with Crippen LogP contribution in [0.5, 0.6) is 11.5 Å². The molecule has 0 radical (unpaired) electrons. The van der Waals surface area contributed by atoms with Crippen molar-refractivity contribution < 1.29 is 19.1 Å². The van der Waals surface area contributed by atoms with Crippen LogP contribution < -0.4 is 19.7 Å². The fourth-order valence-electron chi connectivity index (χ4n) is 5.46. The van der Waals surface area contributed by atoms with Gasteiger partial charge in [-0.15, -0.1) is 0 Å². The van der Waals surface area contributed by atoms with Crippen LogP contribution in [0.1, 0.15) is 53.9 Å². The molecule has 1 heterocycles. The number of carbonyl (C=O) groups excluding carboxylic acids is 2. The zero-order valence-electron chi connectivity index (χ0n) is 22.6. The van der Waals surface area contributed by atoms with Crippen LogP contribution in [-0.4, -0.2) is 56.6 Å². The van der Waals surface area contributed by atoms with Gasteiger partial charge in [0.1, 0.15) is 11.5 Å². The van der Waals surface area contributed by atoms with Gasteiger partial charge in [-0.05, 0) is 85.0 Å². The quantitative estimate of drug-likeness (QED) is 0.406. The summed E-state index contributed by atoms with van der Waals surface area (Å²) >= 11 is 0. The second-order valence-electron chi connectivity index (χ2n) is 10.3. The normalized spacial score (nSPS) is 16.0. The minimum absolute atomic E-state index is 0.0330. The Kier molecular flexibility index (Phi) is 8.66. The Morgan fingerprint density at radius 3 is 2.08 bits per heavy atom. The SMILES string of the molecule is COc1ccc(C(=O)N2CCN(c3ccc(NC(=O)COc4ccc(C5CCCCC5)cc4)cc3)CC2)cc1. The number of benzene rings is 3. The Balaban J connectivity index is 1.06. The van der Waals surface area contributed by atoms with Gasteiger partial charge in [0.25, 0.3) is 11.8 Å². The van der Waals surface area contributed by atoms with Crippen molar-refractivity contribution in [3.05, 3.63) is 83.9 Å². The molecular weight excluding hydrogens is 490 g/mol. The van der Waals surface area contributed by atoms with Crippen molar-refractivity contribution in [2.24, 2.45) is 0 Å². The lowest BCUT2D eigenvalue weighted by molar-refractivity contribution is -0.118. The van der Waals surface area contributed by atoms with Crippen LogP contribution >= 0.6 is 0 Å². The largest absolute Gasteiger partial charge is 0.497 e. The summed E-state index contributed by atoms with van der Waals surface area (Å²) in [6.07, 6.45) is 6.50. The van der Waals surface area contributed by atoms with Gasteiger partial charge >= 0.3 is 0 Å². The van der Waals surface area contributed by atoms with E-state index in [4.69, 9.17) is 9.47 Å².